The maximum atomic E-state index is 13.2. The molecule has 1 N–H and O–H groups in total. The summed E-state index contributed by atoms with van der Waals surface area (Å²) >= 11 is 0. The third-order valence-corrected chi connectivity index (χ3v) is 5.84. The normalized spacial score (nSPS) is 21.0. The molecule has 2 aliphatic rings. The van der Waals surface area contributed by atoms with E-state index in [9.17, 15) is 18.0 Å². The Labute approximate surface area is 189 Å². The van der Waals surface area contributed by atoms with E-state index in [0.29, 0.717) is 0 Å². The average molecular weight is 466 g/mol. The highest BCUT2D eigenvalue weighted by Crippen LogP contribution is 2.41. The van der Waals surface area contributed by atoms with E-state index in [4.69, 9.17) is 14.6 Å². The fraction of sp³-hybridized carbons (Fsp3) is 0.455. The molecule has 1 atom stereocenters. The lowest BCUT2D eigenvalue weighted by molar-refractivity contribution is -0.192. The quantitative estimate of drug-likeness (QED) is 0.740. The van der Waals surface area contributed by atoms with Gasteiger partial charge in [0.2, 0.25) is 5.91 Å². The predicted octanol–water partition coefficient (Wildman–Crippen LogP) is 3.14. The fourth-order valence-corrected chi connectivity index (χ4v) is 4.23. The van der Waals surface area contributed by atoms with Gasteiger partial charge in [0.1, 0.15) is 12.1 Å². The molecule has 178 valence electrons. The summed E-state index contributed by atoms with van der Waals surface area (Å²) in [5.74, 6) is -1.66. The minimum absolute atomic E-state index is 0.228. The van der Waals surface area contributed by atoms with Gasteiger partial charge in [-0.2, -0.15) is 13.2 Å². The zero-order valence-corrected chi connectivity index (χ0v) is 18.1. The second kappa shape index (κ2) is 10.2. The number of carboxylic acids is 1. The molecule has 1 unspecified atom stereocenters. The number of carbonyl (C=O) groups excluding carboxylic acids is 1. The van der Waals surface area contributed by atoms with Gasteiger partial charge in [0, 0.05) is 19.6 Å². The number of nitrogens with zero attached hydrogens (tertiary/aromatic N) is 4. The van der Waals surface area contributed by atoms with E-state index in [-0.39, 0.29) is 11.3 Å². The number of anilines is 1. The van der Waals surface area contributed by atoms with Crippen LogP contribution >= 0.6 is 0 Å². The molecule has 0 radical (unpaired) electrons. The number of carbonyl (C=O) groups is 2. The van der Waals surface area contributed by atoms with E-state index < -0.39 is 12.1 Å². The number of aromatic nitrogens is 2. The van der Waals surface area contributed by atoms with Gasteiger partial charge in [-0.3, -0.25) is 9.69 Å². The molecule has 2 fully saturated rings. The van der Waals surface area contributed by atoms with Crippen LogP contribution < -0.4 is 9.64 Å². The van der Waals surface area contributed by atoms with E-state index in [0.717, 1.165) is 56.9 Å². The van der Waals surface area contributed by atoms with Gasteiger partial charge in [-0.25, -0.2) is 14.8 Å². The highest BCUT2D eigenvalue weighted by atomic mass is 19.4. The van der Waals surface area contributed by atoms with Gasteiger partial charge in [-0.1, -0.05) is 12.1 Å². The first-order chi connectivity index (χ1) is 15.6. The molecular formula is C22H25F3N4O4. The Balaban J connectivity index is 0.000000383. The molecule has 1 aromatic heterocycles. The molecule has 1 aromatic carbocycles. The van der Waals surface area contributed by atoms with Gasteiger partial charge in [-0.15, -0.1) is 0 Å². The molecule has 8 nitrogen and oxygen atoms in total. The van der Waals surface area contributed by atoms with Gasteiger partial charge in [0.15, 0.2) is 0 Å². The second-order valence-electron chi connectivity index (χ2n) is 8.05. The molecule has 2 aromatic rings. The number of hydrogen-bond acceptors (Lipinski definition) is 6. The first kappa shape index (κ1) is 24.4. The number of likely N-dealkylation sites (tertiary alicyclic amines) is 1. The van der Waals surface area contributed by atoms with Crippen LogP contribution in [-0.4, -0.2) is 64.8 Å². The molecule has 0 bridgehead atoms. The lowest BCUT2D eigenvalue weighted by atomic mass is 9.78. The van der Waals surface area contributed by atoms with Crippen LogP contribution in [0.4, 0.5) is 18.9 Å². The Kier molecular flexibility index (Phi) is 7.52. The van der Waals surface area contributed by atoms with Crippen molar-refractivity contribution in [2.75, 3.05) is 31.6 Å². The van der Waals surface area contributed by atoms with Crippen LogP contribution in [0.1, 0.15) is 24.8 Å². The Bertz CT molecular complexity index is 956. The monoisotopic (exact) mass is 466 g/mol. The number of halogens is 3. The third kappa shape index (κ3) is 5.98. The number of benzene rings is 1. The highest BCUT2D eigenvalue weighted by Gasteiger charge is 2.49. The van der Waals surface area contributed by atoms with Crippen molar-refractivity contribution in [1.29, 1.82) is 0 Å². The SMILES string of the molecule is COc1ccc(CN2CCCC3(CCN(c4cncnc4)C3=O)C2)cc1.O=C(O)C(F)(F)F. The Hall–Kier alpha value is -3.21. The van der Waals surface area contributed by atoms with Gasteiger partial charge in [-0.05, 0) is 43.5 Å². The molecule has 0 saturated carbocycles. The van der Waals surface area contributed by atoms with E-state index >= 15 is 0 Å². The van der Waals surface area contributed by atoms with Crippen LogP contribution in [0.3, 0.4) is 0 Å². The van der Waals surface area contributed by atoms with Crippen LogP contribution in [0.2, 0.25) is 0 Å². The topological polar surface area (TPSA) is 95.9 Å². The minimum Gasteiger partial charge on any atom is -0.497 e. The molecule has 33 heavy (non-hydrogen) atoms. The fourth-order valence-electron chi connectivity index (χ4n) is 4.23. The molecule has 2 aliphatic heterocycles. The number of ether oxygens (including phenoxy) is 1. The van der Waals surface area contributed by atoms with Gasteiger partial charge in [0.05, 0.1) is 30.6 Å². The Morgan fingerprint density at radius 3 is 2.36 bits per heavy atom. The molecule has 1 amide bonds. The summed E-state index contributed by atoms with van der Waals surface area (Å²) in [6.45, 7) is 3.48. The van der Waals surface area contributed by atoms with Crippen LogP contribution in [0, 0.1) is 5.41 Å². The third-order valence-electron chi connectivity index (χ3n) is 5.84. The summed E-state index contributed by atoms with van der Waals surface area (Å²) in [5.41, 5.74) is 1.80. The lowest BCUT2D eigenvalue weighted by Crippen LogP contribution is -2.47. The van der Waals surface area contributed by atoms with Crippen molar-refractivity contribution in [1.82, 2.24) is 14.9 Å². The van der Waals surface area contributed by atoms with Crippen LogP contribution in [0.15, 0.2) is 43.0 Å². The molecular weight excluding hydrogens is 441 g/mol. The molecule has 3 heterocycles. The molecule has 11 heteroatoms. The van der Waals surface area contributed by atoms with Crippen molar-refractivity contribution in [2.24, 2.45) is 5.41 Å². The van der Waals surface area contributed by atoms with Gasteiger partial charge in [0.25, 0.3) is 0 Å². The highest BCUT2D eigenvalue weighted by molar-refractivity contribution is 5.99. The maximum absolute atomic E-state index is 13.2. The van der Waals surface area contributed by atoms with Crippen molar-refractivity contribution in [2.45, 2.75) is 32.0 Å². The maximum Gasteiger partial charge on any atom is 0.490 e. The summed E-state index contributed by atoms with van der Waals surface area (Å²) in [6.07, 6.45) is 2.79. The predicted molar refractivity (Wildman–Crippen MR) is 113 cm³/mol. The molecule has 2 saturated heterocycles. The lowest BCUT2D eigenvalue weighted by Gasteiger charge is -2.39. The summed E-state index contributed by atoms with van der Waals surface area (Å²) in [4.78, 5) is 34.5. The molecule has 0 aliphatic carbocycles. The van der Waals surface area contributed by atoms with Crippen LogP contribution in [0.5, 0.6) is 5.75 Å². The van der Waals surface area contributed by atoms with Crippen molar-refractivity contribution < 1.29 is 32.6 Å². The largest absolute Gasteiger partial charge is 0.497 e. The van der Waals surface area contributed by atoms with Crippen molar-refractivity contribution in [3.05, 3.63) is 48.5 Å². The summed E-state index contributed by atoms with van der Waals surface area (Å²) in [7, 11) is 1.68. The van der Waals surface area contributed by atoms with E-state index in [1.807, 2.05) is 17.0 Å². The number of rotatable bonds is 4. The minimum atomic E-state index is -5.08. The number of carboxylic acid groups (broad SMARTS) is 1. The molecule has 4 rings (SSSR count). The smallest absolute Gasteiger partial charge is 0.490 e. The summed E-state index contributed by atoms with van der Waals surface area (Å²) in [5, 5.41) is 7.12. The average Bonchev–Trinajstić information content (AvgIpc) is 3.10. The number of methoxy groups -OCH3 is 1. The number of aliphatic carboxylic acids is 1. The number of hydrogen-bond donors (Lipinski definition) is 1. The van der Waals surface area contributed by atoms with Crippen LogP contribution in [-0.2, 0) is 16.1 Å². The standard InChI is InChI=1S/C20H24N4O2.C2HF3O2/c1-26-18-5-3-16(4-6-18)13-23-9-2-7-20(14-23)8-10-24(19(20)25)17-11-21-15-22-12-17;3-2(4,5)1(6)7/h3-6,11-12,15H,2,7-10,13-14H2,1H3;(H,6,7). The summed E-state index contributed by atoms with van der Waals surface area (Å²) < 4.78 is 37.0. The zero-order chi connectivity index (χ0) is 24.1. The first-order valence-electron chi connectivity index (χ1n) is 10.4. The van der Waals surface area contributed by atoms with E-state index in [1.165, 1.54) is 11.9 Å². The summed E-state index contributed by atoms with van der Waals surface area (Å²) in [6, 6.07) is 8.19. The van der Waals surface area contributed by atoms with Gasteiger partial charge >= 0.3 is 12.1 Å². The molecule has 1 spiro atoms. The van der Waals surface area contributed by atoms with Crippen molar-refractivity contribution >= 4 is 17.6 Å². The van der Waals surface area contributed by atoms with Crippen LogP contribution in [0.25, 0.3) is 0 Å². The first-order valence-corrected chi connectivity index (χ1v) is 10.4. The van der Waals surface area contributed by atoms with E-state index in [1.54, 1.807) is 19.5 Å². The number of alkyl halides is 3. The van der Waals surface area contributed by atoms with Gasteiger partial charge < -0.3 is 14.7 Å². The number of piperidine rings is 1. The zero-order valence-electron chi connectivity index (χ0n) is 18.1. The second-order valence-corrected chi connectivity index (χ2v) is 8.05. The Morgan fingerprint density at radius 2 is 1.79 bits per heavy atom. The van der Waals surface area contributed by atoms with Crippen molar-refractivity contribution in [3.63, 3.8) is 0 Å². The Morgan fingerprint density at radius 1 is 1.15 bits per heavy atom. The van der Waals surface area contributed by atoms with Crippen molar-refractivity contribution in [3.8, 4) is 5.75 Å². The number of amides is 1. The van der Waals surface area contributed by atoms with E-state index in [2.05, 4.69) is 27.0 Å².